The molecular formula is C20H35N5O2. The molecule has 2 aliphatic heterocycles. The summed E-state index contributed by atoms with van der Waals surface area (Å²) in [6.07, 6.45) is 8.84. The highest BCUT2D eigenvalue weighted by Gasteiger charge is 2.38. The van der Waals surface area contributed by atoms with Gasteiger partial charge >= 0.3 is 6.03 Å². The van der Waals surface area contributed by atoms with Crippen LogP contribution < -0.4 is 16.0 Å². The van der Waals surface area contributed by atoms with Crippen molar-refractivity contribution in [1.29, 1.82) is 0 Å². The van der Waals surface area contributed by atoms with Gasteiger partial charge in [0.2, 0.25) is 0 Å². The van der Waals surface area contributed by atoms with E-state index in [0.29, 0.717) is 24.5 Å². The van der Waals surface area contributed by atoms with Crippen LogP contribution in [0.15, 0.2) is 16.9 Å². The minimum Gasteiger partial charge on any atom is -0.468 e. The summed E-state index contributed by atoms with van der Waals surface area (Å²) in [5, 5.41) is 9.66. The Morgan fingerprint density at radius 3 is 2.81 bits per heavy atom. The van der Waals surface area contributed by atoms with E-state index in [2.05, 4.69) is 41.7 Å². The van der Waals surface area contributed by atoms with Crippen molar-refractivity contribution in [2.45, 2.75) is 71.5 Å². The summed E-state index contributed by atoms with van der Waals surface area (Å²) >= 11 is 0. The monoisotopic (exact) mass is 377 g/mol. The summed E-state index contributed by atoms with van der Waals surface area (Å²) in [4.78, 5) is 18.8. The van der Waals surface area contributed by atoms with E-state index in [-0.39, 0.29) is 17.6 Å². The van der Waals surface area contributed by atoms with E-state index in [0.717, 1.165) is 25.1 Å². The standard InChI is InChI=1S/C20H35N5O2/c1-14(2)11-20(3,13-22-15-7-5-6-8-15)9-10-25-17-16(23-19(25)26)12-21-18(24-17)27-4/h12,14-15,17,22H,5-11,13H2,1-4H3,(H,21,24)(H,23,26). The highest BCUT2D eigenvalue weighted by atomic mass is 16.5. The van der Waals surface area contributed by atoms with Crippen molar-refractivity contribution in [2.75, 3.05) is 20.2 Å². The second kappa shape index (κ2) is 8.50. The maximum absolute atomic E-state index is 12.5. The third kappa shape index (κ3) is 4.94. The molecule has 0 aromatic heterocycles. The smallest absolute Gasteiger partial charge is 0.323 e. The molecule has 0 aromatic rings. The Kier molecular flexibility index (Phi) is 6.29. The fraction of sp³-hybridized carbons (Fsp3) is 0.800. The molecule has 1 saturated heterocycles. The van der Waals surface area contributed by atoms with E-state index < -0.39 is 0 Å². The van der Waals surface area contributed by atoms with Crippen LogP contribution in [0.1, 0.15) is 59.3 Å². The molecule has 27 heavy (non-hydrogen) atoms. The van der Waals surface area contributed by atoms with E-state index in [1.54, 1.807) is 13.3 Å². The van der Waals surface area contributed by atoms with Gasteiger partial charge < -0.3 is 20.7 Å². The summed E-state index contributed by atoms with van der Waals surface area (Å²) < 4.78 is 5.20. The Morgan fingerprint density at radius 1 is 1.41 bits per heavy atom. The molecule has 0 radical (unpaired) electrons. The highest BCUT2D eigenvalue weighted by molar-refractivity contribution is 5.84. The lowest BCUT2D eigenvalue weighted by Crippen LogP contribution is -2.42. The van der Waals surface area contributed by atoms with Crippen LogP contribution in [0.5, 0.6) is 0 Å². The number of methoxy groups -OCH3 is 1. The van der Waals surface area contributed by atoms with Gasteiger partial charge in [0.25, 0.3) is 6.02 Å². The summed E-state index contributed by atoms with van der Waals surface area (Å²) in [5.41, 5.74) is 0.944. The first kappa shape index (κ1) is 20.0. The number of hydrogen-bond acceptors (Lipinski definition) is 5. The van der Waals surface area contributed by atoms with Crippen LogP contribution in [0.25, 0.3) is 0 Å². The third-order valence-corrected chi connectivity index (χ3v) is 5.90. The predicted molar refractivity (Wildman–Crippen MR) is 107 cm³/mol. The topological polar surface area (TPSA) is 78.0 Å². The fourth-order valence-corrected chi connectivity index (χ4v) is 4.57. The summed E-state index contributed by atoms with van der Waals surface area (Å²) in [6, 6.07) is 1.03. The van der Waals surface area contributed by atoms with Gasteiger partial charge in [-0.05, 0) is 37.0 Å². The molecule has 1 saturated carbocycles. The quantitative estimate of drug-likeness (QED) is 0.608. The molecule has 7 nitrogen and oxygen atoms in total. The highest BCUT2D eigenvalue weighted by Crippen LogP contribution is 2.32. The number of aliphatic imine (C=N–C) groups is 1. The second-order valence-corrected chi connectivity index (χ2v) is 8.90. The van der Waals surface area contributed by atoms with E-state index in [1.165, 1.54) is 25.7 Å². The van der Waals surface area contributed by atoms with Crippen LogP contribution in [0.3, 0.4) is 0 Å². The molecule has 0 aromatic carbocycles. The SMILES string of the molecule is COC1=NC2C(=CN1)NC(=O)N2CCC(C)(CNC1CCCC1)CC(C)C. The van der Waals surface area contributed by atoms with Gasteiger partial charge in [0, 0.05) is 25.3 Å². The number of nitrogens with one attached hydrogen (secondary N) is 3. The Bertz CT molecular complexity index is 597. The predicted octanol–water partition coefficient (Wildman–Crippen LogP) is 2.76. The molecule has 152 valence electrons. The lowest BCUT2D eigenvalue weighted by molar-refractivity contribution is 0.167. The number of urea groups is 1. The van der Waals surface area contributed by atoms with Crippen molar-refractivity contribution in [2.24, 2.45) is 16.3 Å². The number of carbonyl (C=O) groups excluding carboxylic acids is 1. The molecule has 1 aliphatic carbocycles. The maximum Gasteiger partial charge on any atom is 0.323 e. The number of hydrogen-bond donors (Lipinski definition) is 3. The van der Waals surface area contributed by atoms with Gasteiger partial charge in [-0.15, -0.1) is 0 Å². The maximum atomic E-state index is 12.5. The Labute approximate surface area is 163 Å². The van der Waals surface area contributed by atoms with Crippen LogP contribution in [0.4, 0.5) is 4.79 Å². The van der Waals surface area contributed by atoms with Crippen LogP contribution in [-0.2, 0) is 4.74 Å². The minimum atomic E-state index is -0.306. The zero-order chi connectivity index (χ0) is 19.4. The Morgan fingerprint density at radius 2 is 2.15 bits per heavy atom. The van der Waals surface area contributed by atoms with Crippen LogP contribution in [0.2, 0.25) is 0 Å². The Hall–Kier alpha value is -1.76. The van der Waals surface area contributed by atoms with E-state index in [1.807, 2.05) is 4.90 Å². The molecule has 2 unspecified atom stereocenters. The molecule has 3 N–H and O–H groups in total. The normalized spacial score (nSPS) is 24.9. The first-order valence-electron chi connectivity index (χ1n) is 10.3. The summed E-state index contributed by atoms with van der Waals surface area (Å²) in [5.74, 6) is 0.625. The number of rotatable bonds is 8. The zero-order valence-corrected chi connectivity index (χ0v) is 17.2. The van der Waals surface area contributed by atoms with Crippen molar-refractivity contribution in [3.8, 4) is 0 Å². The van der Waals surface area contributed by atoms with Gasteiger partial charge in [-0.25, -0.2) is 9.79 Å². The number of ether oxygens (including phenoxy) is 1. The van der Waals surface area contributed by atoms with Gasteiger partial charge in [0.15, 0.2) is 6.17 Å². The largest absolute Gasteiger partial charge is 0.468 e. The van der Waals surface area contributed by atoms with E-state index in [4.69, 9.17) is 4.74 Å². The zero-order valence-electron chi connectivity index (χ0n) is 17.2. The van der Waals surface area contributed by atoms with Crippen molar-refractivity contribution in [1.82, 2.24) is 20.9 Å². The average Bonchev–Trinajstić information content (AvgIpc) is 3.24. The van der Waals surface area contributed by atoms with E-state index >= 15 is 0 Å². The molecule has 2 heterocycles. The number of nitrogens with zero attached hydrogens (tertiary/aromatic N) is 2. The van der Waals surface area contributed by atoms with E-state index in [9.17, 15) is 4.79 Å². The lowest BCUT2D eigenvalue weighted by Gasteiger charge is -2.35. The second-order valence-electron chi connectivity index (χ2n) is 8.90. The lowest BCUT2D eigenvalue weighted by atomic mass is 9.78. The molecule has 0 spiro atoms. The first-order chi connectivity index (χ1) is 12.9. The van der Waals surface area contributed by atoms with Crippen molar-refractivity contribution in [3.05, 3.63) is 11.9 Å². The number of carbonyl (C=O) groups is 1. The molecule has 2 atom stereocenters. The number of amidine groups is 1. The molecule has 2 amide bonds. The van der Waals surface area contributed by atoms with Crippen molar-refractivity contribution in [3.63, 3.8) is 0 Å². The van der Waals surface area contributed by atoms with Crippen LogP contribution in [-0.4, -0.2) is 49.4 Å². The average molecular weight is 378 g/mol. The first-order valence-corrected chi connectivity index (χ1v) is 10.3. The van der Waals surface area contributed by atoms with Gasteiger partial charge in [-0.3, -0.25) is 4.90 Å². The molecule has 7 heteroatoms. The number of fused-ring (bicyclic) bond motifs is 1. The molecule has 3 rings (SSSR count). The molecule has 2 fully saturated rings. The molecule has 0 bridgehead atoms. The van der Waals surface area contributed by atoms with Crippen molar-refractivity contribution < 1.29 is 9.53 Å². The van der Waals surface area contributed by atoms with Crippen LogP contribution >= 0.6 is 0 Å². The van der Waals surface area contributed by atoms with Gasteiger partial charge in [0.05, 0.1) is 12.8 Å². The fourth-order valence-electron chi connectivity index (χ4n) is 4.57. The summed E-state index contributed by atoms with van der Waals surface area (Å²) in [7, 11) is 1.58. The number of amides is 2. The molecular weight excluding hydrogens is 342 g/mol. The van der Waals surface area contributed by atoms with Gasteiger partial charge in [0.1, 0.15) is 0 Å². The minimum absolute atomic E-state index is 0.0789. The van der Waals surface area contributed by atoms with Crippen LogP contribution in [0, 0.1) is 11.3 Å². The van der Waals surface area contributed by atoms with Crippen molar-refractivity contribution >= 4 is 12.1 Å². The van der Waals surface area contributed by atoms with Gasteiger partial charge in [-0.1, -0.05) is 33.6 Å². The Balaban J connectivity index is 1.63. The third-order valence-electron chi connectivity index (χ3n) is 5.90. The molecule has 3 aliphatic rings. The van der Waals surface area contributed by atoms with Gasteiger partial charge in [-0.2, -0.15) is 0 Å². The summed E-state index contributed by atoms with van der Waals surface area (Å²) in [6.45, 7) is 8.60.